The van der Waals surface area contributed by atoms with Crippen molar-refractivity contribution in [2.75, 3.05) is 0 Å². The first kappa shape index (κ1) is 15.5. The minimum atomic E-state index is 0.0370. The second-order valence-electron chi connectivity index (χ2n) is 5.07. The van der Waals surface area contributed by atoms with E-state index < -0.39 is 0 Å². The molecule has 20 heavy (non-hydrogen) atoms. The van der Waals surface area contributed by atoms with Gasteiger partial charge in [0.2, 0.25) is 0 Å². The van der Waals surface area contributed by atoms with Crippen LogP contribution in [0.25, 0.3) is 0 Å². The number of hydrogen-bond donors (Lipinski definition) is 0. The fraction of sp³-hybridized carbons (Fsp3) is 0.235. The molecule has 0 fully saturated rings. The molecule has 0 unspecified atom stereocenters. The zero-order valence-electron chi connectivity index (χ0n) is 12.0. The number of ketones is 1. The zero-order chi connectivity index (χ0) is 15.0. The van der Waals surface area contributed by atoms with E-state index in [0.717, 1.165) is 20.1 Å². The zero-order valence-corrected chi connectivity index (χ0v) is 15.1. The number of carbonyl (C=O) groups excluding carboxylic acids is 1. The van der Waals surface area contributed by atoms with E-state index in [0.29, 0.717) is 11.1 Å². The Hall–Kier alpha value is -0.930. The number of benzene rings is 2. The van der Waals surface area contributed by atoms with Crippen molar-refractivity contribution >= 4 is 37.6 Å². The first-order valence-corrected chi connectivity index (χ1v) is 7.99. The van der Waals surface area contributed by atoms with Gasteiger partial charge in [-0.25, -0.2) is 0 Å². The van der Waals surface area contributed by atoms with Crippen molar-refractivity contribution in [3.05, 3.63) is 66.6 Å². The Morgan fingerprint density at radius 2 is 1.10 bits per heavy atom. The number of halogens is 2. The van der Waals surface area contributed by atoms with Gasteiger partial charge in [-0.15, -0.1) is 0 Å². The smallest absolute Gasteiger partial charge is 0.195 e. The predicted molar refractivity (Wildman–Crippen MR) is 90.7 cm³/mol. The second kappa shape index (κ2) is 5.82. The van der Waals surface area contributed by atoms with Crippen LogP contribution < -0.4 is 0 Å². The molecule has 0 amide bonds. The number of rotatable bonds is 2. The average Bonchev–Trinajstić information content (AvgIpc) is 2.42. The largest absolute Gasteiger partial charge is 0.289 e. The van der Waals surface area contributed by atoms with Gasteiger partial charge in [-0.1, -0.05) is 12.1 Å². The van der Waals surface area contributed by atoms with Gasteiger partial charge in [0.1, 0.15) is 0 Å². The highest BCUT2D eigenvalue weighted by Gasteiger charge is 2.18. The maximum atomic E-state index is 12.8. The molecular formula is C17H16Br2O. The summed E-state index contributed by atoms with van der Waals surface area (Å²) >= 11 is 7.10. The van der Waals surface area contributed by atoms with Crippen molar-refractivity contribution in [3.63, 3.8) is 0 Å². The van der Waals surface area contributed by atoms with Crippen molar-refractivity contribution in [1.29, 1.82) is 0 Å². The summed E-state index contributed by atoms with van der Waals surface area (Å²) in [6.45, 7) is 8.12. The van der Waals surface area contributed by atoms with Gasteiger partial charge in [0, 0.05) is 20.1 Å². The maximum absolute atomic E-state index is 12.8. The molecule has 104 valence electrons. The van der Waals surface area contributed by atoms with Gasteiger partial charge >= 0.3 is 0 Å². The molecule has 0 saturated heterocycles. The first-order chi connectivity index (χ1) is 9.34. The normalized spacial score (nSPS) is 10.7. The van der Waals surface area contributed by atoms with Crippen LogP contribution in [0.3, 0.4) is 0 Å². The van der Waals surface area contributed by atoms with Gasteiger partial charge in [0.25, 0.3) is 0 Å². The van der Waals surface area contributed by atoms with Crippen molar-refractivity contribution in [3.8, 4) is 0 Å². The lowest BCUT2D eigenvalue weighted by atomic mass is 9.97. The van der Waals surface area contributed by atoms with E-state index >= 15 is 0 Å². The third-order valence-electron chi connectivity index (χ3n) is 3.80. The molecule has 1 nitrogen and oxygen atoms in total. The molecule has 0 aliphatic rings. The Morgan fingerprint density at radius 3 is 1.45 bits per heavy atom. The van der Waals surface area contributed by atoms with Crippen LogP contribution >= 0.6 is 31.9 Å². The van der Waals surface area contributed by atoms with E-state index in [1.165, 1.54) is 11.1 Å². The average molecular weight is 396 g/mol. The van der Waals surface area contributed by atoms with Crippen molar-refractivity contribution in [1.82, 2.24) is 0 Å². The summed E-state index contributed by atoms with van der Waals surface area (Å²) in [4.78, 5) is 12.8. The summed E-state index contributed by atoms with van der Waals surface area (Å²) in [6, 6.07) is 7.75. The van der Waals surface area contributed by atoms with E-state index in [2.05, 4.69) is 31.9 Å². The molecule has 2 rings (SSSR count). The lowest BCUT2D eigenvalue weighted by molar-refractivity contribution is 0.103. The molecule has 2 aromatic carbocycles. The summed E-state index contributed by atoms with van der Waals surface area (Å²) in [5.74, 6) is 0.0370. The van der Waals surface area contributed by atoms with Crippen LogP contribution in [0.1, 0.15) is 38.2 Å². The van der Waals surface area contributed by atoms with Gasteiger partial charge in [-0.05, 0) is 93.9 Å². The van der Waals surface area contributed by atoms with Crippen molar-refractivity contribution < 1.29 is 4.79 Å². The molecule has 0 spiro atoms. The van der Waals surface area contributed by atoms with Crippen LogP contribution in [0.5, 0.6) is 0 Å². The third-order valence-corrected chi connectivity index (χ3v) is 5.85. The Morgan fingerprint density at radius 1 is 0.750 bits per heavy atom. The number of aryl methyl sites for hydroxylation is 2. The maximum Gasteiger partial charge on any atom is 0.195 e. The molecular weight excluding hydrogens is 380 g/mol. The molecule has 0 heterocycles. The summed E-state index contributed by atoms with van der Waals surface area (Å²) in [5.41, 5.74) is 5.97. The number of hydrogen-bond acceptors (Lipinski definition) is 1. The van der Waals surface area contributed by atoms with Gasteiger partial charge in [0.15, 0.2) is 5.78 Å². The quantitative estimate of drug-likeness (QED) is 0.598. The molecule has 0 atom stereocenters. The van der Waals surface area contributed by atoms with E-state index in [1.54, 1.807) is 0 Å². The highest BCUT2D eigenvalue weighted by Crippen LogP contribution is 2.30. The summed E-state index contributed by atoms with van der Waals surface area (Å²) in [6.07, 6.45) is 0. The Labute approximate surface area is 136 Å². The van der Waals surface area contributed by atoms with Gasteiger partial charge in [-0.2, -0.15) is 0 Å². The molecule has 0 radical (unpaired) electrons. The Balaban J connectivity index is 2.58. The molecule has 3 heteroatoms. The van der Waals surface area contributed by atoms with Crippen LogP contribution in [0, 0.1) is 27.7 Å². The van der Waals surface area contributed by atoms with Crippen LogP contribution in [-0.4, -0.2) is 5.78 Å². The van der Waals surface area contributed by atoms with Crippen molar-refractivity contribution in [2.45, 2.75) is 27.7 Å². The fourth-order valence-corrected chi connectivity index (χ4v) is 3.31. The molecule has 0 N–H and O–H groups in total. The molecule has 2 aromatic rings. The van der Waals surface area contributed by atoms with E-state index in [-0.39, 0.29) is 5.78 Å². The second-order valence-corrected chi connectivity index (χ2v) is 6.65. The highest BCUT2D eigenvalue weighted by atomic mass is 79.9. The highest BCUT2D eigenvalue weighted by molar-refractivity contribution is 9.11. The molecule has 0 aliphatic carbocycles. The standard InChI is InChI=1S/C17H16Br2O/c1-9-5-7-13(15(18)11(9)3)17(20)14-8-6-10(2)12(4)16(14)19/h5-8H,1-4H3. The van der Waals surface area contributed by atoms with Crippen molar-refractivity contribution in [2.24, 2.45) is 0 Å². The van der Waals surface area contributed by atoms with Crippen LogP contribution in [0.2, 0.25) is 0 Å². The molecule has 0 aromatic heterocycles. The van der Waals surface area contributed by atoms with E-state index in [4.69, 9.17) is 0 Å². The predicted octanol–water partition coefficient (Wildman–Crippen LogP) is 5.68. The SMILES string of the molecule is Cc1ccc(C(=O)c2ccc(C)c(C)c2Br)c(Br)c1C. The lowest BCUT2D eigenvalue weighted by Crippen LogP contribution is -2.06. The summed E-state index contributed by atoms with van der Waals surface area (Å²) in [5, 5.41) is 0. The van der Waals surface area contributed by atoms with Gasteiger partial charge < -0.3 is 0 Å². The fourth-order valence-electron chi connectivity index (χ4n) is 2.06. The molecule has 0 aliphatic heterocycles. The third kappa shape index (κ3) is 2.61. The van der Waals surface area contributed by atoms with Crippen LogP contribution in [0.4, 0.5) is 0 Å². The van der Waals surface area contributed by atoms with Crippen LogP contribution in [0.15, 0.2) is 33.2 Å². The van der Waals surface area contributed by atoms with E-state index in [1.807, 2.05) is 52.0 Å². The summed E-state index contributed by atoms with van der Waals surface area (Å²) < 4.78 is 1.76. The van der Waals surface area contributed by atoms with Crippen LogP contribution in [-0.2, 0) is 0 Å². The van der Waals surface area contributed by atoms with E-state index in [9.17, 15) is 4.79 Å². The summed E-state index contributed by atoms with van der Waals surface area (Å²) in [7, 11) is 0. The molecule has 0 bridgehead atoms. The Kier molecular flexibility index (Phi) is 4.50. The van der Waals surface area contributed by atoms with Gasteiger partial charge in [-0.3, -0.25) is 4.79 Å². The minimum absolute atomic E-state index is 0.0370. The first-order valence-electron chi connectivity index (χ1n) is 6.40. The Bertz CT molecular complexity index is 643. The number of carbonyl (C=O) groups is 1. The minimum Gasteiger partial charge on any atom is -0.289 e. The lowest BCUT2D eigenvalue weighted by Gasteiger charge is -2.12. The van der Waals surface area contributed by atoms with Gasteiger partial charge in [0.05, 0.1) is 0 Å². The topological polar surface area (TPSA) is 17.1 Å². The monoisotopic (exact) mass is 394 g/mol. The molecule has 0 saturated carbocycles.